The van der Waals surface area contributed by atoms with Crippen molar-refractivity contribution in [1.29, 1.82) is 0 Å². The molecule has 0 spiro atoms. The van der Waals surface area contributed by atoms with Crippen molar-refractivity contribution in [2.45, 2.75) is 27.2 Å². The van der Waals surface area contributed by atoms with E-state index in [1.165, 1.54) is 13.1 Å². The normalized spacial score (nSPS) is 10.5. The zero-order valence-electron chi connectivity index (χ0n) is 15.2. The minimum Gasteiger partial charge on any atom is -0.369 e. The fourth-order valence-corrected chi connectivity index (χ4v) is 2.24. The lowest BCUT2D eigenvalue weighted by molar-refractivity contribution is -0.114. The van der Waals surface area contributed by atoms with Gasteiger partial charge in [0.15, 0.2) is 0 Å². The number of amides is 2. The van der Waals surface area contributed by atoms with Gasteiger partial charge in [-0.05, 0) is 30.5 Å². The molecule has 0 radical (unpaired) electrons. The number of rotatable bonds is 8. The second-order valence-corrected chi connectivity index (χ2v) is 6.32. The molecule has 2 rings (SSSR count). The first-order valence-corrected chi connectivity index (χ1v) is 8.40. The molecular formula is C18H24N6O2. The van der Waals surface area contributed by atoms with E-state index < -0.39 is 5.91 Å². The summed E-state index contributed by atoms with van der Waals surface area (Å²) in [5.74, 6) is 0.503. The third-order valence-corrected chi connectivity index (χ3v) is 3.51. The van der Waals surface area contributed by atoms with Crippen molar-refractivity contribution in [2.24, 2.45) is 11.7 Å². The standard InChI is InChI=1S/C18H24N6O2/c1-11(2)7-8-20-17-15(16(19)26)10-21-18(24-17)23-14-6-4-5-13(9-14)22-12(3)25/h4-6,9-11H,7-8H2,1-3H3,(H2,19,26)(H,22,25)(H2,20,21,23,24). The largest absolute Gasteiger partial charge is 0.369 e. The van der Waals surface area contributed by atoms with Gasteiger partial charge in [0.25, 0.3) is 5.91 Å². The van der Waals surface area contributed by atoms with E-state index in [9.17, 15) is 9.59 Å². The molecule has 2 amide bonds. The number of aromatic nitrogens is 2. The fourth-order valence-electron chi connectivity index (χ4n) is 2.24. The van der Waals surface area contributed by atoms with Crippen LogP contribution in [0.3, 0.4) is 0 Å². The highest BCUT2D eigenvalue weighted by atomic mass is 16.1. The number of carbonyl (C=O) groups excluding carboxylic acids is 2. The van der Waals surface area contributed by atoms with Gasteiger partial charge in [-0.1, -0.05) is 19.9 Å². The lowest BCUT2D eigenvalue weighted by Crippen LogP contribution is -2.18. The number of nitrogens with two attached hydrogens (primary N) is 1. The second-order valence-electron chi connectivity index (χ2n) is 6.32. The fraction of sp³-hybridized carbons (Fsp3) is 0.333. The highest BCUT2D eigenvalue weighted by Gasteiger charge is 2.12. The molecule has 8 heteroatoms. The first-order chi connectivity index (χ1) is 12.3. The molecule has 26 heavy (non-hydrogen) atoms. The molecule has 0 saturated carbocycles. The summed E-state index contributed by atoms with van der Waals surface area (Å²) < 4.78 is 0. The zero-order valence-corrected chi connectivity index (χ0v) is 15.2. The van der Waals surface area contributed by atoms with Crippen LogP contribution in [0.2, 0.25) is 0 Å². The van der Waals surface area contributed by atoms with Gasteiger partial charge in [0.2, 0.25) is 11.9 Å². The lowest BCUT2D eigenvalue weighted by atomic mass is 10.1. The summed E-state index contributed by atoms with van der Waals surface area (Å²) in [5.41, 5.74) is 7.00. The number of benzene rings is 1. The van der Waals surface area contributed by atoms with Gasteiger partial charge in [0.1, 0.15) is 5.82 Å². The van der Waals surface area contributed by atoms with Crippen molar-refractivity contribution in [3.63, 3.8) is 0 Å². The van der Waals surface area contributed by atoms with Crippen molar-refractivity contribution in [3.8, 4) is 0 Å². The summed E-state index contributed by atoms with van der Waals surface area (Å²) in [6.07, 6.45) is 2.33. The summed E-state index contributed by atoms with van der Waals surface area (Å²) in [5, 5.41) is 8.91. The molecule has 1 heterocycles. The van der Waals surface area contributed by atoms with E-state index in [0.29, 0.717) is 35.6 Å². The first-order valence-electron chi connectivity index (χ1n) is 8.40. The van der Waals surface area contributed by atoms with Gasteiger partial charge in [-0.25, -0.2) is 4.98 Å². The van der Waals surface area contributed by atoms with Gasteiger partial charge < -0.3 is 21.7 Å². The Hall–Kier alpha value is -3.16. The van der Waals surface area contributed by atoms with Crippen LogP contribution < -0.4 is 21.7 Å². The van der Waals surface area contributed by atoms with Gasteiger partial charge >= 0.3 is 0 Å². The molecule has 0 aliphatic rings. The Balaban J connectivity index is 2.19. The zero-order chi connectivity index (χ0) is 19.1. The van der Waals surface area contributed by atoms with Crippen molar-refractivity contribution >= 4 is 35.0 Å². The van der Waals surface area contributed by atoms with Gasteiger partial charge in [-0.2, -0.15) is 4.98 Å². The smallest absolute Gasteiger partial charge is 0.254 e. The average Bonchev–Trinajstić information content (AvgIpc) is 2.54. The summed E-state index contributed by atoms with van der Waals surface area (Å²) in [7, 11) is 0. The van der Waals surface area contributed by atoms with Crippen LogP contribution in [0.25, 0.3) is 0 Å². The minimum atomic E-state index is -0.587. The van der Waals surface area contributed by atoms with Crippen molar-refractivity contribution in [1.82, 2.24) is 9.97 Å². The molecule has 1 aromatic carbocycles. The van der Waals surface area contributed by atoms with Crippen LogP contribution in [0.1, 0.15) is 37.6 Å². The predicted molar refractivity (Wildman–Crippen MR) is 103 cm³/mol. The molecular weight excluding hydrogens is 332 g/mol. The number of hydrogen-bond donors (Lipinski definition) is 4. The lowest BCUT2D eigenvalue weighted by Gasteiger charge is -2.12. The molecule has 0 atom stereocenters. The topological polar surface area (TPSA) is 122 Å². The highest BCUT2D eigenvalue weighted by Crippen LogP contribution is 2.20. The van der Waals surface area contributed by atoms with E-state index in [0.717, 1.165) is 6.42 Å². The van der Waals surface area contributed by atoms with E-state index >= 15 is 0 Å². The number of nitrogens with one attached hydrogen (secondary N) is 3. The molecule has 0 fully saturated rings. The van der Waals surface area contributed by atoms with Crippen LogP contribution in [-0.2, 0) is 4.79 Å². The number of nitrogens with zero attached hydrogens (tertiary/aromatic N) is 2. The van der Waals surface area contributed by atoms with Crippen LogP contribution in [0.15, 0.2) is 30.5 Å². The number of anilines is 4. The van der Waals surface area contributed by atoms with Gasteiger partial charge in [-0.15, -0.1) is 0 Å². The Morgan fingerprint density at radius 3 is 2.62 bits per heavy atom. The molecule has 5 N–H and O–H groups in total. The highest BCUT2D eigenvalue weighted by molar-refractivity contribution is 5.97. The number of primary amides is 1. The average molecular weight is 356 g/mol. The monoisotopic (exact) mass is 356 g/mol. The molecule has 0 aliphatic carbocycles. The molecule has 138 valence electrons. The summed E-state index contributed by atoms with van der Waals surface area (Å²) in [6.45, 7) is 6.35. The van der Waals surface area contributed by atoms with Crippen molar-refractivity contribution in [3.05, 3.63) is 36.0 Å². The maximum atomic E-state index is 11.6. The van der Waals surface area contributed by atoms with E-state index in [1.807, 2.05) is 6.07 Å². The Morgan fingerprint density at radius 1 is 1.23 bits per heavy atom. The summed E-state index contributed by atoms with van der Waals surface area (Å²) >= 11 is 0. The van der Waals surface area contributed by atoms with Crippen LogP contribution in [0.5, 0.6) is 0 Å². The Bertz CT molecular complexity index is 791. The van der Waals surface area contributed by atoms with Gasteiger partial charge in [-0.3, -0.25) is 9.59 Å². The number of carbonyl (C=O) groups is 2. The maximum absolute atomic E-state index is 11.6. The summed E-state index contributed by atoms with van der Waals surface area (Å²) in [6, 6.07) is 7.16. The Morgan fingerprint density at radius 2 is 1.96 bits per heavy atom. The SMILES string of the molecule is CC(=O)Nc1cccc(Nc2ncc(C(N)=O)c(NCCC(C)C)n2)c1. The third-order valence-electron chi connectivity index (χ3n) is 3.51. The Kier molecular flexibility index (Phi) is 6.48. The first kappa shape index (κ1) is 19.2. The number of hydrogen-bond acceptors (Lipinski definition) is 6. The molecule has 2 aromatic rings. The second kappa shape index (κ2) is 8.80. The Labute approximate surface area is 152 Å². The van der Waals surface area contributed by atoms with E-state index in [4.69, 9.17) is 5.73 Å². The van der Waals surface area contributed by atoms with Crippen LogP contribution in [0.4, 0.5) is 23.1 Å². The molecule has 0 unspecified atom stereocenters. The van der Waals surface area contributed by atoms with Gasteiger partial charge in [0.05, 0.1) is 5.56 Å². The molecule has 1 aromatic heterocycles. The quantitative estimate of drug-likeness (QED) is 0.577. The van der Waals surface area contributed by atoms with Crippen molar-refractivity contribution in [2.75, 3.05) is 22.5 Å². The van der Waals surface area contributed by atoms with Crippen LogP contribution in [0, 0.1) is 5.92 Å². The molecule has 0 aliphatic heterocycles. The molecule has 0 saturated heterocycles. The van der Waals surface area contributed by atoms with Gasteiger partial charge in [0, 0.05) is 31.0 Å². The van der Waals surface area contributed by atoms with E-state index in [-0.39, 0.29) is 11.5 Å². The molecule has 8 nitrogen and oxygen atoms in total. The van der Waals surface area contributed by atoms with E-state index in [1.54, 1.807) is 18.2 Å². The molecule has 0 bridgehead atoms. The minimum absolute atomic E-state index is 0.152. The maximum Gasteiger partial charge on any atom is 0.254 e. The van der Waals surface area contributed by atoms with Crippen LogP contribution in [-0.4, -0.2) is 28.3 Å². The third kappa shape index (κ3) is 5.73. The van der Waals surface area contributed by atoms with E-state index in [2.05, 4.69) is 39.8 Å². The summed E-state index contributed by atoms with van der Waals surface area (Å²) in [4.78, 5) is 31.2. The van der Waals surface area contributed by atoms with Crippen molar-refractivity contribution < 1.29 is 9.59 Å². The van der Waals surface area contributed by atoms with Crippen LogP contribution >= 0.6 is 0 Å². The predicted octanol–water partition coefficient (Wildman–Crippen LogP) is 2.74.